The second kappa shape index (κ2) is 11.2. The topological polar surface area (TPSA) is 49.4 Å². The number of benzene rings is 3. The van der Waals surface area contributed by atoms with Crippen molar-refractivity contribution in [2.45, 2.75) is 39.3 Å². The molecule has 3 aromatic rings. The average molecular weight is 433 g/mol. The van der Waals surface area contributed by atoms with Gasteiger partial charge in [0.1, 0.15) is 11.9 Å². The molecule has 0 saturated heterocycles. The highest BCUT2D eigenvalue weighted by atomic mass is 19.1. The summed E-state index contributed by atoms with van der Waals surface area (Å²) < 4.78 is 13.3. The van der Waals surface area contributed by atoms with Crippen molar-refractivity contribution >= 4 is 11.8 Å². The van der Waals surface area contributed by atoms with Crippen molar-refractivity contribution in [2.24, 2.45) is 0 Å². The lowest BCUT2D eigenvalue weighted by atomic mass is 10.0. The summed E-state index contributed by atoms with van der Waals surface area (Å²) >= 11 is 0. The van der Waals surface area contributed by atoms with Crippen LogP contribution in [0.4, 0.5) is 4.39 Å². The minimum Gasteiger partial charge on any atom is -0.355 e. The number of halogens is 1. The van der Waals surface area contributed by atoms with Crippen molar-refractivity contribution in [3.8, 4) is 0 Å². The number of nitrogens with one attached hydrogen (secondary N) is 1. The minimum absolute atomic E-state index is 0.0941. The Bertz CT molecular complexity index is 1020. The monoisotopic (exact) mass is 432 g/mol. The van der Waals surface area contributed by atoms with E-state index in [1.807, 2.05) is 68.4 Å². The molecule has 32 heavy (non-hydrogen) atoms. The second-order valence-electron chi connectivity index (χ2n) is 7.91. The summed E-state index contributed by atoms with van der Waals surface area (Å²) in [6, 6.07) is 22.9. The first kappa shape index (κ1) is 23.2. The molecule has 2 amide bonds. The molecule has 166 valence electrons. The van der Waals surface area contributed by atoms with Crippen LogP contribution >= 0.6 is 0 Å². The Balaban J connectivity index is 1.93. The molecule has 3 rings (SSSR count). The van der Waals surface area contributed by atoms with Crippen molar-refractivity contribution < 1.29 is 14.0 Å². The van der Waals surface area contributed by atoms with Crippen LogP contribution in [0.1, 0.15) is 29.2 Å². The van der Waals surface area contributed by atoms with Crippen LogP contribution in [0.5, 0.6) is 0 Å². The number of carbonyl (C=O) groups is 2. The second-order valence-corrected chi connectivity index (χ2v) is 7.91. The Morgan fingerprint density at radius 3 is 2.12 bits per heavy atom. The zero-order chi connectivity index (χ0) is 22.9. The maximum Gasteiger partial charge on any atom is 0.243 e. The van der Waals surface area contributed by atoms with Gasteiger partial charge in [-0.25, -0.2) is 4.39 Å². The molecule has 1 atom stereocenters. The summed E-state index contributed by atoms with van der Waals surface area (Å²) in [6.07, 6.45) is 0.504. The summed E-state index contributed by atoms with van der Waals surface area (Å²) in [6.45, 7) is 4.67. The molecule has 0 aliphatic carbocycles. The summed E-state index contributed by atoms with van der Waals surface area (Å²) in [5.41, 5.74) is 3.76. The van der Waals surface area contributed by atoms with Gasteiger partial charge in [0.2, 0.25) is 11.8 Å². The van der Waals surface area contributed by atoms with E-state index < -0.39 is 6.04 Å². The van der Waals surface area contributed by atoms with Crippen LogP contribution in [0.2, 0.25) is 0 Å². The molecular formula is C27H29FN2O2. The van der Waals surface area contributed by atoms with Crippen molar-refractivity contribution in [1.29, 1.82) is 0 Å². The molecule has 0 aliphatic rings. The van der Waals surface area contributed by atoms with Gasteiger partial charge in [-0.15, -0.1) is 0 Å². The first-order chi connectivity index (χ1) is 15.5. The minimum atomic E-state index is -0.661. The summed E-state index contributed by atoms with van der Waals surface area (Å²) in [5, 5.41) is 2.89. The fourth-order valence-electron chi connectivity index (χ4n) is 3.61. The fraction of sp³-hybridized carbons (Fsp3) is 0.259. The molecule has 1 unspecified atom stereocenters. The zero-order valence-electron chi connectivity index (χ0n) is 18.6. The average Bonchev–Trinajstić information content (AvgIpc) is 2.79. The van der Waals surface area contributed by atoms with Crippen LogP contribution in [0.15, 0.2) is 78.9 Å². The largest absolute Gasteiger partial charge is 0.355 e. The number of rotatable bonds is 9. The van der Waals surface area contributed by atoms with Crippen LogP contribution in [0.25, 0.3) is 0 Å². The van der Waals surface area contributed by atoms with Crippen molar-refractivity contribution in [1.82, 2.24) is 10.2 Å². The maximum absolute atomic E-state index is 13.5. The van der Waals surface area contributed by atoms with Gasteiger partial charge in [-0.05, 0) is 42.7 Å². The van der Waals surface area contributed by atoms with Gasteiger partial charge in [-0.1, -0.05) is 72.3 Å². The van der Waals surface area contributed by atoms with Crippen molar-refractivity contribution in [3.05, 3.63) is 107 Å². The van der Waals surface area contributed by atoms with E-state index in [2.05, 4.69) is 5.32 Å². The molecule has 5 heteroatoms. The van der Waals surface area contributed by atoms with Crippen molar-refractivity contribution in [3.63, 3.8) is 0 Å². The van der Waals surface area contributed by atoms with Gasteiger partial charge in [-0.3, -0.25) is 9.59 Å². The standard InChI is InChI=1S/C27H29FN2O2/c1-3-29-27(32)25(17-21-7-5-4-6-8-21)30(19-23-11-9-20(2)10-12-23)26(31)18-22-13-15-24(28)16-14-22/h4-16,25H,3,17-19H2,1-2H3,(H,29,32). The molecule has 3 aromatic carbocycles. The first-order valence-corrected chi connectivity index (χ1v) is 10.9. The van der Waals surface area contributed by atoms with Crippen LogP contribution < -0.4 is 5.32 Å². The number of carbonyl (C=O) groups excluding carboxylic acids is 2. The third-order valence-electron chi connectivity index (χ3n) is 5.36. The molecule has 0 fully saturated rings. The van der Waals surface area contributed by atoms with Crippen LogP contribution in [0, 0.1) is 12.7 Å². The van der Waals surface area contributed by atoms with Gasteiger partial charge >= 0.3 is 0 Å². The lowest BCUT2D eigenvalue weighted by molar-refractivity contribution is -0.140. The number of aryl methyl sites for hydroxylation is 1. The molecule has 0 spiro atoms. The summed E-state index contributed by atoms with van der Waals surface area (Å²) in [7, 11) is 0. The van der Waals surface area contributed by atoms with Crippen LogP contribution in [-0.4, -0.2) is 29.3 Å². The first-order valence-electron chi connectivity index (χ1n) is 10.9. The molecule has 0 aliphatic heterocycles. The predicted molar refractivity (Wildman–Crippen MR) is 124 cm³/mol. The summed E-state index contributed by atoms with van der Waals surface area (Å²) in [4.78, 5) is 28.2. The highest BCUT2D eigenvalue weighted by molar-refractivity contribution is 5.88. The molecular weight excluding hydrogens is 403 g/mol. The van der Waals surface area contributed by atoms with E-state index in [1.165, 1.54) is 12.1 Å². The molecule has 1 N–H and O–H groups in total. The van der Waals surface area contributed by atoms with Crippen LogP contribution in [0.3, 0.4) is 0 Å². The number of nitrogens with zero attached hydrogens (tertiary/aromatic N) is 1. The van der Waals surface area contributed by atoms with E-state index in [1.54, 1.807) is 17.0 Å². The Labute approximate surface area is 189 Å². The number of amides is 2. The van der Waals surface area contributed by atoms with E-state index in [4.69, 9.17) is 0 Å². The summed E-state index contributed by atoms with van der Waals surface area (Å²) in [5.74, 6) is -0.706. The van der Waals surface area contributed by atoms with Crippen molar-refractivity contribution in [2.75, 3.05) is 6.54 Å². The Kier molecular flexibility index (Phi) is 8.14. The highest BCUT2D eigenvalue weighted by Gasteiger charge is 2.30. The van der Waals surface area contributed by atoms with E-state index in [0.717, 1.165) is 16.7 Å². The Hall–Kier alpha value is -3.47. The van der Waals surface area contributed by atoms with E-state index in [0.29, 0.717) is 25.1 Å². The SMILES string of the molecule is CCNC(=O)C(Cc1ccccc1)N(Cc1ccc(C)cc1)C(=O)Cc1ccc(F)cc1. The fourth-order valence-corrected chi connectivity index (χ4v) is 3.61. The quantitative estimate of drug-likeness (QED) is 0.543. The Morgan fingerprint density at radius 2 is 1.50 bits per heavy atom. The van der Waals surface area contributed by atoms with Gasteiger partial charge in [-0.2, -0.15) is 0 Å². The van der Waals surface area contributed by atoms with Gasteiger partial charge < -0.3 is 10.2 Å². The van der Waals surface area contributed by atoms with Gasteiger partial charge in [0.15, 0.2) is 0 Å². The number of likely N-dealkylation sites (N-methyl/N-ethyl adjacent to an activating group) is 1. The number of hydrogen-bond donors (Lipinski definition) is 1. The van der Waals surface area contributed by atoms with Gasteiger partial charge in [0.05, 0.1) is 6.42 Å². The molecule has 0 saturated carbocycles. The lowest BCUT2D eigenvalue weighted by Crippen LogP contribution is -2.50. The highest BCUT2D eigenvalue weighted by Crippen LogP contribution is 2.17. The van der Waals surface area contributed by atoms with Crippen LogP contribution in [-0.2, 0) is 29.0 Å². The lowest BCUT2D eigenvalue weighted by Gasteiger charge is -2.31. The third-order valence-corrected chi connectivity index (χ3v) is 5.36. The molecule has 0 aromatic heterocycles. The van der Waals surface area contributed by atoms with Gasteiger partial charge in [0, 0.05) is 19.5 Å². The molecule has 0 heterocycles. The molecule has 4 nitrogen and oxygen atoms in total. The normalized spacial score (nSPS) is 11.6. The molecule has 0 radical (unpaired) electrons. The van der Waals surface area contributed by atoms with E-state index in [9.17, 15) is 14.0 Å². The predicted octanol–water partition coefficient (Wildman–Crippen LogP) is 4.45. The van der Waals surface area contributed by atoms with E-state index in [-0.39, 0.29) is 24.1 Å². The van der Waals surface area contributed by atoms with E-state index >= 15 is 0 Å². The smallest absolute Gasteiger partial charge is 0.243 e. The van der Waals surface area contributed by atoms with Gasteiger partial charge in [0.25, 0.3) is 0 Å². The molecule has 0 bridgehead atoms. The third kappa shape index (κ3) is 6.51. The number of hydrogen-bond acceptors (Lipinski definition) is 2. The maximum atomic E-state index is 13.5. The Morgan fingerprint density at radius 1 is 0.875 bits per heavy atom. The zero-order valence-corrected chi connectivity index (χ0v) is 18.6.